The van der Waals surface area contributed by atoms with Crippen molar-refractivity contribution in [1.29, 1.82) is 0 Å². The third-order valence-electron chi connectivity index (χ3n) is 10.3. The minimum Gasteiger partial charge on any atom is -0.335 e. The second-order valence-electron chi connectivity index (χ2n) is 14.5. The van der Waals surface area contributed by atoms with Gasteiger partial charge in [0, 0.05) is 65.4 Å². The van der Waals surface area contributed by atoms with Gasteiger partial charge in [0.1, 0.15) is 28.8 Å². The molecule has 276 valence electrons. The standard InChI is InChI=1S/C39H48F2N8O3/c1-25(2)33-21-35(44-42-33)38(51)48-17-13-46(14-18-48)23-31(27-5-9-29(40)10-6-27)37(50)32(28-7-11-30(41)12-8-28)24-47-15-19-49(20-16-47)39(52)36-22-34(26(3)4)43-45-36/h5-12,21-22,25-26,31-32H,13-20,23-24H2,1-4H3,(H,42,44)(H,43,45). The fourth-order valence-electron chi connectivity index (χ4n) is 6.96. The van der Waals surface area contributed by atoms with E-state index in [1.54, 1.807) is 46.2 Å². The summed E-state index contributed by atoms with van der Waals surface area (Å²) >= 11 is 0. The van der Waals surface area contributed by atoms with Crippen molar-refractivity contribution >= 4 is 17.6 Å². The third kappa shape index (κ3) is 8.64. The average molecular weight is 715 g/mol. The number of hydrogen-bond donors (Lipinski definition) is 2. The molecule has 4 heterocycles. The highest BCUT2D eigenvalue weighted by molar-refractivity contribution is 5.93. The Kier molecular flexibility index (Phi) is 11.6. The topological polar surface area (TPSA) is 122 Å². The molecule has 2 unspecified atom stereocenters. The first-order valence-corrected chi connectivity index (χ1v) is 18.1. The van der Waals surface area contributed by atoms with Crippen LogP contribution in [0.15, 0.2) is 60.7 Å². The van der Waals surface area contributed by atoms with E-state index in [0.717, 1.165) is 11.4 Å². The van der Waals surface area contributed by atoms with Crippen molar-refractivity contribution in [2.45, 2.75) is 51.4 Å². The highest BCUT2D eigenvalue weighted by Crippen LogP contribution is 2.30. The van der Waals surface area contributed by atoms with Gasteiger partial charge in [-0.15, -0.1) is 0 Å². The first-order valence-electron chi connectivity index (χ1n) is 18.1. The van der Waals surface area contributed by atoms with E-state index in [-0.39, 0.29) is 41.1 Å². The third-order valence-corrected chi connectivity index (χ3v) is 10.3. The fourth-order valence-corrected chi connectivity index (χ4v) is 6.96. The molecular formula is C39H48F2N8O3. The number of carbonyl (C=O) groups excluding carboxylic acids is 3. The number of carbonyl (C=O) groups is 3. The number of aromatic amines is 2. The lowest BCUT2D eigenvalue weighted by Crippen LogP contribution is -2.51. The maximum Gasteiger partial charge on any atom is 0.271 e. The molecule has 0 bridgehead atoms. The molecule has 2 N–H and O–H groups in total. The van der Waals surface area contributed by atoms with Crippen LogP contribution in [0, 0.1) is 11.6 Å². The van der Waals surface area contributed by atoms with Crippen LogP contribution in [-0.2, 0) is 4.79 Å². The smallest absolute Gasteiger partial charge is 0.271 e. The predicted octanol–water partition coefficient (Wildman–Crippen LogP) is 5.01. The molecular weight excluding hydrogens is 666 g/mol. The van der Waals surface area contributed by atoms with E-state index in [9.17, 15) is 23.2 Å². The van der Waals surface area contributed by atoms with Gasteiger partial charge in [-0.05, 0) is 59.4 Å². The molecule has 11 nitrogen and oxygen atoms in total. The van der Waals surface area contributed by atoms with Crippen molar-refractivity contribution < 1.29 is 23.2 Å². The molecule has 52 heavy (non-hydrogen) atoms. The van der Waals surface area contributed by atoms with Gasteiger partial charge >= 0.3 is 0 Å². The zero-order chi connectivity index (χ0) is 36.9. The molecule has 0 radical (unpaired) electrons. The molecule has 0 aliphatic carbocycles. The van der Waals surface area contributed by atoms with E-state index in [4.69, 9.17) is 0 Å². The van der Waals surface area contributed by atoms with E-state index in [1.807, 2.05) is 27.7 Å². The van der Waals surface area contributed by atoms with Crippen molar-refractivity contribution in [2.75, 3.05) is 65.4 Å². The number of hydrogen-bond acceptors (Lipinski definition) is 7. The quantitative estimate of drug-likeness (QED) is 0.212. The number of amides is 2. The van der Waals surface area contributed by atoms with Crippen LogP contribution in [0.25, 0.3) is 0 Å². The highest BCUT2D eigenvalue weighted by Gasteiger charge is 2.35. The van der Waals surface area contributed by atoms with Gasteiger partial charge in [-0.3, -0.25) is 34.4 Å². The number of H-pyrrole nitrogens is 2. The van der Waals surface area contributed by atoms with Gasteiger partial charge in [-0.25, -0.2) is 8.78 Å². The van der Waals surface area contributed by atoms with Gasteiger partial charge in [0.25, 0.3) is 11.8 Å². The maximum atomic E-state index is 14.8. The van der Waals surface area contributed by atoms with Gasteiger partial charge in [0.15, 0.2) is 0 Å². The molecule has 13 heteroatoms. The summed E-state index contributed by atoms with van der Waals surface area (Å²) in [6, 6.07) is 15.7. The monoisotopic (exact) mass is 714 g/mol. The Hall–Kier alpha value is -4.75. The lowest BCUT2D eigenvalue weighted by atomic mass is 9.82. The van der Waals surface area contributed by atoms with Crippen LogP contribution in [0.1, 0.15) is 94.9 Å². The van der Waals surface area contributed by atoms with Crippen LogP contribution in [-0.4, -0.2) is 123 Å². The maximum absolute atomic E-state index is 14.8. The number of benzene rings is 2. The average Bonchev–Trinajstić information content (AvgIpc) is 3.85. The van der Waals surface area contributed by atoms with Crippen molar-refractivity contribution in [3.05, 3.63) is 106 Å². The zero-order valence-electron chi connectivity index (χ0n) is 30.3. The Labute approximate surface area is 303 Å². The van der Waals surface area contributed by atoms with Gasteiger partial charge in [-0.1, -0.05) is 52.0 Å². The highest BCUT2D eigenvalue weighted by atomic mass is 19.1. The SMILES string of the molecule is CC(C)c1cc(C(=O)N2CCN(CC(C(=O)C(CN3CCN(C(=O)c4cc(C(C)C)n[nH]4)CC3)c3ccc(F)cc3)c3ccc(F)cc3)CC2)[nH]n1. The van der Waals surface area contributed by atoms with Gasteiger partial charge in [0.05, 0.1) is 23.2 Å². The number of halogens is 2. The van der Waals surface area contributed by atoms with Crippen LogP contribution in [0.3, 0.4) is 0 Å². The summed E-state index contributed by atoms with van der Waals surface area (Å²) in [6.07, 6.45) is 0. The van der Waals surface area contributed by atoms with Gasteiger partial charge in [0.2, 0.25) is 0 Å². The number of aromatic nitrogens is 4. The van der Waals surface area contributed by atoms with E-state index >= 15 is 0 Å². The summed E-state index contributed by atoms with van der Waals surface area (Å²) in [5.41, 5.74) is 4.00. The zero-order valence-corrected chi connectivity index (χ0v) is 30.3. The predicted molar refractivity (Wildman–Crippen MR) is 193 cm³/mol. The van der Waals surface area contributed by atoms with Crippen LogP contribution in [0.4, 0.5) is 8.78 Å². The van der Waals surface area contributed by atoms with Crippen molar-refractivity contribution in [3.63, 3.8) is 0 Å². The summed E-state index contributed by atoms with van der Waals surface area (Å²) in [6.45, 7) is 13.1. The molecule has 2 atom stereocenters. The number of nitrogens with one attached hydrogen (secondary N) is 2. The van der Waals surface area contributed by atoms with Crippen molar-refractivity contribution in [2.24, 2.45) is 0 Å². The Morgan fingerprint density at radius 2 is 0.942 bits per heavy atom. The lowest BCUT2D eigenvalue weighted by Gasteiger charge is -2.38. The summed E-state index contributed by atoms with van der Waals surface area (Å²) in [4.78, 5) is 49.2. The van der Waals surface area contributed by atoms with Crippen molar-refractivity contribution in [1.82, 2.24) is 40.0 Å². The molecule has 2 aliphatic heterocycles. The number of Topliss-reactive ketones (excluding diaryl/α,β-unsaturated/α-hetero) is 1. The minimum atomic E-state index is -0.600. The lowest BCUT2D eigenvalue weighted by molar-refractivity contribution is -0.123. The first-order chi connectivity index (χ1) is 25.0. The van der Waals surface area contributed by atoms with Crippen molar-refractivity contribution in [3.8, 4) is 0 Å². The number of ketones is 1. The molecule has 0 saturated carbocycles. The Balaban J connectivity index is 1.16. The van der Waals surface area contributed by atoms with E-state index < -0.39 is 11.8 Å². The number of piperazine rings is 2. The molecule has 2 aromatic carbocycles. The summed E-state index contributed by atoms with van der Waals surface area (Å²) in [5, 5.41) is 14.3. The van der Waals surface area contributed by atoms with Crippen LogP contribution in [0.5, 0.6) is 0 Å². The second-order valence-corrected chi connectivity index (χ2v) is 14.5. The Morgan fingerprint density at radius 1 is 0.596 bits per heavy atom. The minimum absolute atomic E-state index is 0.0485. The summed E-state index contributed by atoms with van der Waals surface area (Å²) in [5.74, 6) is -1.83. The summed E-state index contributed by atoms with van der Waals surface area (Å²) in [7, 11) is 0. The van der Waals surface area contributed by atoms with Crippen LogP contribution < -0.4 is 0 Å². The number of nitrogens with zero attached hydrogens (tertiary/aromatic N) is 6. The molecule has 2 fully saturated rings. The Morgan fingerprint density at radius 3 is 1.25 bits per heavy atom. The second kappa shape index (κ2) is 16.3. The summed E-state index contributed by atoms with van der Waals surface area (Å²) < 4.78 is 28.2. The van der Waals surface area contributed by atoms with E-state index in [0.29, 0.717) is 88.0 Å². The molecule has 4 aromatic rings. The molecule has 6 rings (SSSR count). The number of rotatable bonds is 12. The normalized spacial score (nSPS) is 17.2. The fraction of sp³-hybridized carbons (Fsp3) is 0.462. The Bertz CT molecular complexity index is 1690. The molecule has 2 saturated heterocycles. The van der Waals surface area contributed by atoms with E-state index in [1.165, 1.54) is 24.3 Å². The molecule has 0 spiro atoms. The molecule has 2 aliphatic rings. The van der Waals surface area contributed by atoms with E-state index in [2.05, 4.69) is 30.2 Å². The first kappa shape index (κ1) is 37.0. The molecule has 2 amide bonds. The van der Waals surface area contributed by atoms with Crippen LogP contribution >= 0.6 is 0 Å². The molecule has 2 aromatic heterocycles. The van der Waals surface area contributed by atoms with Crippen LogP contribution in [0.2, 0.25) is 0 Å². The van der Waals surface area contributed by atoms with Gasteiger partial charge < -0.3 is 9.80 Å². The largest absolute Gasteiger partial charge is 0.335 e. The van der Waals surface area contributed by atoms with Gasteiger partial charge in [-0.2, -0.15) is 10.2 Å².